The van der Waals surface area contributed by atoms with Crippen LogP contribution < -0.4 is 10.0 Å². The minimum atomic E-state index is -3.46. The maximum Gasteiger partial charge on any atom is 0.236 e. The van der Waals surface area contributed by atoms with Crippen molar-refractivity contribution in [3.8, 4) is 0 Å². The van der Waals surface area contributed by atoms with Gasteiger partial charge in [-0.3, -0.25) is 4.72 Å². The molecule has 4 nitrogen and oxygen atoms in total. The minimum Gasteiger partial charge on any atom is -0.315 e. The van der Waals surface area contributed by atoms with Crippen molar-refractivity contribution in [1.82, 2.24) is 5.32 Å². The molecule has 1 aromatic carbocycles. The highest BCUT2D eigenvalue weighted by Gasteiger charge is 2.20. The van der Waals surface area contributed by atoms with Gasteiger partial charge in [0, 0.05) is 16.6 Å². The van der Waals surface area contributed by atoms with Gasteiger partial charge in [0.05, 0.1) is 10.9 Å². The highest BCUT2D eigenvalue weighted by Crippen LogP contribution is 2.23. The van der Waals surface area contributed by atoms with Gasteiger partial charge in [-0.2, -0.15) is 0 Å². The summed E-state index contributed by atoms with van der Waals surface area (Å²) in [6, 6.07) is 4.60. The summed E-state index contributed by atoms with van der Waals surface area (Å²) in [5.41, 5.74) is 0.375. The summed E-state index contributed by atoms with van der Waals surface area (Å²) in [6.45, 7) is 4.87. The minimum absolute atomic E-state index is 0.375. The number of nitrogens with one attached hydrogen (secondary N) is 2. The van der Waals surface area contributed by atoms with Crippen molar-refractivity contribution >= 4 is 38.9 Å². The zero-order valence-corrected chi connectivity index (χ0v) is 13.2. The molecule has 0 amide bonds. The van der Waals surface area contributed by atoms with Gasteiger partial charge in [0.25, 0.3) is 0 Å². The molecule has 1 rings (SSSR count). The zero-order valence-electron chi connectivity index (χ0n) is 10.9. The van der Waals surface area contributed by atoms with Crippen molar-refractivity contribution in [2.45, 2.75) is 25.5 Å². The smallest absolute Gasteiger partial charge is 0.236 e. The Kier molecular flexibility index (Phi) is 6.39. The van der Waals surface area contributed by atoms with Crippen LogP contribution in [0.2, 0.25) is 10.0 Å². The Morgan fingerprint density at radius 3 is 2.32 bits per heavy atom. The fourth-order valence-electron chi connectivity index (χ4n) is 1.47. The molecule has 0 saturated carbocycles. The molecule has 0 bridgehead atoms. The number of benzene rings is 1. The molecule has 0 saturated heterocycles. The second kappa shape index (κ2) is 7.33. The number of halogens is 2. The van der Waals surface area contributed by atoms with Gasteiger partial charge in [-0.25, -0.2) is 8.42 Å². The van der Waals surface area contributed by atoms with E-state index in [4.69, 9.17) is 23.2 Å². The summed E-state index contributed by atoms with van der Waals surface area (Å²) in [7, 11) is -3.46. The molecule has 7 heteroatoms. The third-order valence-corrected chi connectivity index (χ3v) is 4.69. The van der Waals surface area contributed by atoms with Gasteiger partial charge in [-0.1, -0.05) is 30.1 Å². The van der Waals surface area contributed by atoms with E-state index in [2.05, 4.69) is 10.0 Å². The quantitative estimate of drug-likeness (QED) is 0.757. The summed E-state index contributed by atoms with van der Waals surface area (Å²) in [5, 5.41) is 3.31. The fourth-order valence-corrected chi connectivity index (χ4v) is 2.98. The van der Waals surface area contributed by atoms with Crippen LogP contribution in [0, 0.1) is 0 Å². The lowest BCUT2D eigenvalue weighted by Crippen LogP contribution is -2.35. The van der Waals surface area contributed by atoms with E-state index in [1.807, 2.05) is 6.92 Å². The lowest BCUT2D eigenvalue weighted by atomic mass is 10.3. The van der Waals surface area contributed by atoms with Crippen LogP contribution in [0.4, 0.5) is 5.69 Å². The molecule has 108 valence electrons. The first-order chi connectivity index (χ1) is 8.85. The van der Waals surface area contributed by atoms with Crippen LogP contribution in [0.3, 0.4) is 0 Å². The molecule has 19 heavy (non-hydrogen) atoms. The lowest BCUT2D eigenvalue weighted by molar-refractivity contribution is 0.576. The molecule has 0 aliphatic heterocycles. The summed E-state index contributed by atoms with van der Waals surface area (Å²) >= 11 is 11.7. The fraction of sp³-hybridized carbons (Fsp3) is 0.500. The van der Waals surface area contributed by atoms with Crippen LogP contribution in [0.5, 0.6) is 0 Å². The monoisotopic (exact) mass is 324 g/mol. The normalized spacial score (nSPS) is 13.3. The molecule has 1 aromatic rings. The van der Waals surface area contributed by atoms with E-state index in [1.165, 1.54) is 12.1 Å². The SMILES string of the molecule is CCCNCC(C)S(=O)(=O)Nc1cc(Cl)cc(Cl)c1. The molecule has 0 spiro atoms. The Morgan fingerprint density at radius 1 is 1.21 bits per heavy atom. The predicted octanol–water partition coefficient (Wildman–Crippen LogP) is 3.12. The van der Waals surface area contributed by atoms with E-state index in [-0.39, 0.29) is 0 Å². The zero-order chi connectivity index (χ0) is 14.5. The average molecular weight is 325 g/mol. The molecule has 0 aliphatic rings. The van der Waals surface area contributed by atoms with Crippen LogP contribution in [-0.2, 0) is 10.0 Å². The van der Waals surface area contributed by atoms with Gasteiger partial charge in [0.1, 0.15) is 0 Å². The topological polar surface area (TPSA) is 58.2 Å². The lowest BCUT2D eigenvalue weighted by Gasteiger charge is -2.15. The Balaban J connectivity index is 2.72. The highest BCUT2D eigenvalue weighted by molar-refractivity contribution is 7.93. The van der Waals surface area contributed by atoms with Gasteiger partial charge < -0.3 is 5.32 Å². The van der Waals surface area contributed by atoms with E-state index in [9.17, 15) is 8.42 Å². The standard InChI is InChI=1S/C12H18Cl2N2O2S/c1-3-4-15-8-9(2)19(17,18)16-12-6-10(13)5-11(14)7-12/h5-7,9,15-16H,3-4,8H2,1-2H3. The van der Waals surface area contributed by atoms with Crippen molar-refractivity contribution in [2.75, 3.05) is 17.8 Å². The van der Waals surface area contributed by atoms with Crippen LogP contribution in [0.15, 0.2) is 18.2 Å². The molecule has 1 unspecified atom stereocenters. The molecule has 0 aliphatic carbocycles. The van der Waals surface area contributed by atoms with Crippen molar-refractivity contribution in [3.05, 3.63) is 28.2 Å². The van der Waals surface area contributed by atoms with Gasteiger partial charge in [0.15, 0.2) is 0 Å². The summed E-state index contributed by atoms with van der Waals surface area (Å²) in [6.07, 6.45) is 0.962. The maximum atomic E-state index is 12.1. The van der Waals surface area contributed by atoms with Gasteiger partial charge >= 0.3 is 0 Å². The third kappa shape index (κ3) is 5.57. The highest BCUT2D eigenvalue weighted by atomic mass is 35.5. The van der Waals surface area contributed by atoms with E-state index < -0.39 is 15.3 Å². The largest absolute Gasteiger partial charge is 0.315 e. The van der Waals surface area contributed by atoms with Gasteiger partial charge in [0.2, 0.25) is 10.0 Å². The number of hydrogen-bond acceptors (Lipinski definition) is 3. The summed E-state index contributed by atoms with van der Waals surface area (Å²) < 4.78 is 26.6. The summed E-state index contributed by atoms with van der Waals surface area (Å²) in [4.78, 5) is 0. The molecule has 0 heterocycles. The maximum absolute atomic E-state index is 12.1. The van der Waals surface area contributed by atoms with E-state index in [1.54, 1.807) is 13.0 Å². The predicted molar refractivity (Wildman–Crippen MR) is 81.6 cm³/mol. The Hall–Kier alpha value is -0.490. The van der Waals surface area contributed by atoms with Crippen molar-refractivity contribution < 1.29 is 8.42 Å². The van der Waals surface area contributed by atoms with Crippen LogP contribution in [-0.4, -0.2) is 26.8 Å². The van der Waals surface area contributed by atoms with E-state index >= 15 is 0 Å². The first kappa shape index (κ1) is 16.6. The number of hydrogen-bond donors (Lipinski definition) is 2. The first-order valence-corrected chi connectivity index (χ1v) is 8.34. The average Bonchev–Trinajstić information content (AvgIpc) is 2.26. The van der Waals surface area contributed by atoms with E-state index in [0.717, 1.165) is 13.0 Å². The van der Waals surface area contributed by atoms with Crippen LogP contribution in [0.1, 0.15) is 20.3 Å². The Labute approximate surface area is 124 Å². The van der Waals surface area contributed by atoms with Crippen LogP contribution in [0.25, 0.3) is 0 Å². The molecule has 0 aromatic heterocycles. The number of sulfonamides is 1. The third-order valence-electron chi connectivity index (χ3n) is 2.51. The number of anilines is 1. The van der Waals surface area contributed by atoms with Crippen molar-refractivity contribution in [2.24, 2.45) is 0 Å². The van der Waals surface area contributed by atoms with Gasteiger partial charge in [-0.15, -0.1) is 0 Å². The Bertz CT molecular complexity index is 500. The molecule has 0 radical (unpaired) electrons. The van der Waals surface area contributed by atoms with Crippen molar-refractivity contribution in [3.63, 3.8) is 0 Å². The molecule has 0 fully saturated rings. The summed E-state index contributed by atoms with van der Waals surface area (Å²) in [5.74, 6) is 0. The first-order valence-electron chi connectivity index (χ1n) is 6.03. The van der Waals surface area contributed by atoms with Gasteiger partial charge in [-0.05, 0) is 38.1 Å². The molecule has 2 N–H and O–H groups in total. The number of rotatable bonds is 7. The second-order valence-electron chi connectivity index (χ2n) is 4.32. The van der Waals surface area contributed by atoms with Crippen molar-refractivity contribution in [1.29, 1.82) is 0 Å². The molecule has 1 atom stereocenters. The molecular weight excluding hydrogens is 307 g/mol. The second-order valence-corrected chi connectivity index (χ2v) is 7.29. The van der Waals surface area contributed by atoms with Crippen LogP contribution >= 0.6 is 23.2 Å². The Morgan fingerprint density at radius 2 is 1.79 bits per heavy atom. The molecular formula is C12H18Cl2N2O2S. The van der Waals surface area contributed by atoms with E-state index in [0.29, 0.717) is 22.3 Å².